The Labute approximate surface area is 173 Å². The predicted octanol–water partition coefficient (Wildman–Crippen LogP) is 5.01. The number of carbonyl (C=O) groups is 1. The van der Waals surface area contributed by atoms with Crippen molar-refractivity contribution in [3.8, 4) is 11.5 Å². The molecule has 3 atom stereocenters. The zero-order valence-corrected chi connectivity index (χ0v) is 17.6. The number of aliphatic hydroxyl groups is 1. The van der Waals surface area contributed by atoms with Gasteiger partial charge in [0.05, 0.1) is 13.2 Å². The van der Waals surface area contributed by atoms with Gasteiger partial charge in [0.25, 0.3) is 0 Å². The molecular formula is C23H34O6. The molecule has 2 aliphatic rings. The van der Waals surface area contributed by atoms with E-state index in [1.807, 2.05) is 6.92 Å². The number of rotatable bonds is 11. The van der Waals surface area contributed by atoms with Crippen LogP contribution in [0, 0.1) is 0 Å². The maximum absolute atomic E-state index is 12.1. The third-order valence-corrected chi connectivity index (χ3v) is 6.03. The third-order valence-electron chi connectivity index (χ3n) is 6.03. The second-order valence-corrected chi connectivity index (χ2v) is 8.43. The smallest absolute Gasteiger partial charge is 0.342 e. The van der Waals surface area contributed by atoms with Crippen LogP contribution < -0.4 is 4.74 Å². The summed E-state index contributed by atoms with van der Waals surface area (Å²) in [7, 11) is 1.48. The molecule has 0 saturated carbocycles. The molecule has 1 unspecified atom stereocenters. The summed E-state index contributed by atoms with van der Waals surface area (Å²) in [4.78, 5) is 12.1. The molecule has 6 heteroatoms. The first-order valence-electron chi connectivity index (χ1n) is 10.9. The van der Waals surface area contributed by atoms with Crippen LogP contribution in [-0.4, -0.2) is 35.2 Å². The van der Waals surface area contributed by atoms with E-state index in [0.717, 1.165) is 69.8 Å². The molecule has 0 radical (unpaired) electrons. The van der Waals surface area contributed by atoms with Gasteiger partial charge < -0.3 is 24.4 Å². The molecule has 1 fully saturated rings. The van der Waals surface area contributed by atoms with Gasteiger partial charge >= 0.3 is 5.97 Å². The number of phenols is 1. The van der Waals surface area contributed by atoms with Crippen molar-refractivity contribution in [1.82, 2.24) is 0 Å². The van der Waals surface area contributed by atoms with Crippen LogP contribution in [0.15, 0.2) is 12.1 Å². The fourth-order valence-corrected chi connectivity index (χ4v) is 4.44. The van der Waals surface area contributed by atoms with Crippen molar-refractivity contribution in [2.24, 2.45) is 0 Å². The van der Waals surface area contributed by atoms with E-state index in [-0.39, 0.29) is 23.9 Å². The molecular weight excluding hydrogens is 372 g/mol. The van der Waals surface area contributed by atoms with E-state index in [0.29, 0.717) is 11.3 Å². The largest absolute Gasteiger partial charge is 0.508 e. The number of ether oxygens (including phenoxy) is 3. The molecule has 0 aliphatic carbocycles. The summed E-state index contributed by atoms with van der Waals surface area (Å²) in [6.07, 6.45) is 10.7. The Morgan fingerprint density at radius 2 is 1.83 bits per heavy atom. The molecule has 2 aliphatic heterocycles. The van der Waals surface area contributed by atoms with Gasteiger partial charge in [-0.3, -0.25) is 0 Å². The number of fused-ring (bicyclic) bond motifs is 1. The monoisotopic (exact) mass is 406 g/mol. The molecule has 2 N–H and O–H groups in total. The molecule has 0 amide bonds. The van der Waals surface area contributed by atoms with Crippen LogP contribution in [0.4, 0.5) is 0 Å². The van der Waals surface area contributed by atoms with Gasteiger partial charge in [-0.2, -0.15) is 0 Å². The van der Waals surface area contributed by atoms with Crippen molar-refractivity contribution >= 4 is 5.97 Å². The summed E-state index contributed by atoms with van der Waals surface area (Å²) >= 11 is 0. The predicted molar refractivity (Wildman–Crippen MR) is 109 cm³/mol. The summed E-state index contributed by atoms with van der Waals surface area (Å²) in [5.74, 6) is -0.796. The summed E-state index contributed by atoms with van der Waals surface area (Å²) in [6, 6.07) is 3.05. The van der Waals surface area contributed by atoms with Crippen molar-refractivity contribution < 1.29 is 29.2 Å². The fraction of sp³-hybridized carbons (Fsp3) is 0.696. The van der Waals surface area contributed by atoms with Crippen LogP contribution in [-0.2, 0) is 9.47 Å². The topological polar surface area (TPSA) is 85.2 Å². The molecule has 0 aromatic heterocycles. The Kier molecular flexibility index (Phi) is 7.41. The minimum Gasteiger partial charge on any atom is -0.508 e. The molecule has 1 aromatic rings. The maximum atomic E-state index is 12.1. The number of hydrogen-bond donors (Lipinski definition) is 2. The molecule has 0 spiro atoms. The van der Waals surface area contributed by atoms with Gasteiger partial charge in [0, 0.05) is 24.5 Å². The second kappa shape index (κ2) is 9.81. The molecule has 3 rings (SSSR count). The highest BCUT2D eigenvalue weighted by atomic mass is 16.6. The summed E-state index contributed by atoms with van der Waals surface area (Å²) in [6.45, 7) is 2.02. The van der Waals surface area contributed by atoms with Gasteiger partial charge in [-0.05, 0) is 38.7 Å². The van der Waals surface area contributed by atoms with E-state index < -0.39 is 5.79 Å². The lowest BCUT2D eigenvalue weighted by Gasteiger charge is -2.22. The first-order chi connectivity index (χ1) is 13.9. The molecule has 1 aromatic carbocycles. The van der Waals surface area contributed by atoms with E-state index in [2.05, 4.69) is 0 Å². The minimum atomic E-state index is -0.883. The van der Waals surface area contributed by atoms with Crippen molar-refractivity contribution in [2.75, 3.05) is 7.11 Å². The Hall–Kier alpha value is -1.79. The molecule has 1 saturated heterocycles. The Morgan fingerprint density at radius 1 is 1.14 bits per heavy atom. The number of carbonyl (C=O) groups excluding carboxylic acids is 1. The number of benzene rings is 1. The number of hydrogen-bond acceptors (Lipinski definition) is 6. The highest BCUT2D eigenvalue weighted by molar-refractivity contribution is 5.97. The molecule has 6 nitrogen and oxygen atoms in total. The normalized spacial score (nSPS) is 25.8. The number of phenolic OH excluding ortho intramolecular Hbond substituents is 1. The lowest BCUT2D eigenvalue weighted by molar-refractivity contribution is -0.193. The van der Waals surface area contributed by atoms with E-state index in [4.69, 9.17) is 14.2 Å². The van der Waals surface area contributed by atoms with Crippen LogP contribution >= 0.6 is 0 Å². The zero-order chi connectivity index (χ0) is 20.9. The number of unbranched alkanes of at least 4 members (excludes halogenated alkanes) is 6. The number of aromatic hydroxyl groups is 1. The van der Waals surface area contributed by atoms with Crippen LogP contribution in [0.2, 0.25) is 0 Å². The van der Waals surface area contributed by atoms with E-state index in [1.165, 1.54) is 19.6 Å². The quantitative estimate of drug-likeness (QED) is 0.397. The highest BCUT2D eigenvalue weighted by Crippen LogP contribution is 2.41. The van der Waals surface area contributed by atoms with Crippen LogP contribution in [0.3, 0.4) is 0 Å². The number of esters is 1. The van der Waals surface area contributed by atoms with Gasteiger partial charge in [0.15, 0.2) is 5.79 Å². The third kappa shape index (κ3) is 5.64. The standard InChI is InChI=1S/C23H34O6/c1-16-11-13-23(26,29-16)12-9-7-5-3-4-6-8-10-19-18-14-17(24)15-20(27-2)21(18)22(25)28-19/h14-16,19,24,26H,3-13H2,1-2H3/t16-,19-,23?/m1/s1. The van der Waals surface area contributed by atoms with Crippen LogP contribution in [0.1, 0.15) is 99.6 Å². The van der Waals surface area contributed by atoms with Crippen LogP contribution in [0.5, 0.6) is 11.5 Å². The van der Waals surface area contributed by atoms with Gasteiger partial charge in [0.1, 0.15) is 23.2 Å². The first-order valence-corrected chi connectivity index (χ1v) is 10.9. The molecule has 162 valence electrons. The summed E-state index contributed by atoms with van der Waals surface area (Å²) in [5, 5.41) is 20.1. The van der Waals surface area contributed by atoms with Crippen LogP contribution in [0.25, 0.3) is 0 Å². The van der Waals surface area contributed by atoms with Crippen molar-refractivity contribution in [3.63, 3.8) is 0 Å². The molecule has 0 bridgehead atoms. The average molecular weight is 407 g/mol. The fourth-order valence-electron chi connectivity index (χ4n) is 4.44. The Bertz CT molecular complexity index is 703. The highest BCUT2D eigenvalue weighted by Gasteiger charge is 2.36. The van der Waals surface area contributed by atoms with Crippen molar-refractivity contribution in [3.05, 3.63) is 23.3 Å². The average Bonchev–Trinajstić information content (AvgIpc) is 3.18. The van der Waals surface area contributed by atoms with Gasteiger partial charge in [-0.15, -0.1) is 0 Å². The Morgan fingerprint density at radius 3 is 2.48 bits per heavy atom. The zero-order valence-electron chi connectivity index (χ0n) is 17.6. The van der Waals surface area contributed by atoms with Gasteiger partial charge in [-0.25, -0.2) is 4.79 Å². The first kappa shape index (κ1) is 21.9. The lowest BCUT2D eigenvalue weighted by atomic mass is 9.98. The van der Waals surface area contributed by atoms with E-state index >= 15 is 0 Å². The number of cyclic esters (lactones) is 1. The van der Waals surface area contributed by atoms with Crippen molar-refractivity contribution in [2.45, 2.75) is 95.5 Å². The van der Waals surface area contributed by atoms with Gasteiger partial charge in [-0.1, -0.05) is 32.1 Å². The second-order valence-electron chi connectivity index (χ2n) is 8.43. The van der Waals surface area contributed by atoms with Crippen molar-refractivity contribution in [1.29, 1.82) is 0 Å². The number of methoxy groups -OCH3 is 1. The van der Waals surface area contributed by atoms with E-state index in [1.54, 1.807) is 6.07 Å². The van der Waals surface area contributed by atoms with Gasteiger partial charge in [0.2, 0.25) is 0 Å². The Balaban J connectivity index is 1.29. The molecule has 29 heavy (non-hydrogen) atoms. The molecule has 2 heterocycles. The van der Waals surface area contributed by atoms with E-state index in [9.17, 15) is 15.0 Å². The lowest BCUT2D eigenvalue weighted by Crippen LogP contribution is -2.27. The summed E-state index contributed by atoms with van der Waals surface area (Å²) in [5.41, 5.74) is 1.17. The minimum absolute atomic E-state index is 0.0889. The summed E-state index contributed by atoms with van der Waals surface area (Å²) < 4.78 is 16.3. The SMILES string of the molecule is COc1cc(O)cc2c1C(=O)O[C@@H]2CCCCCCCCCC1(O)CC[C@@H](C)O1. The maximum Gasteiger partial charge on any atom is 0.342 e.